The maximum absolute atomic E-state index is 12.2. The first kappa shape index (κ1) is 19.3. The standard InChI is InChI=1S/C21H15ClN4OS2/c22-16-7-9-17(10-8-16)24-21-25-19(13-29-21)14-3-5-15(6-4-14)20(27)26-23-12-18-2-1-11-28-18/h1-13H,(H,24,25)(H,26,27). The molecule has 2 aromatic heterocycles. The van der Waals surface area contributed by atoms with E-state index in [0.29, 0.717) is 10.6 Å². The number of rotatable bonds is 6. The molecule has 2 N–H and O–H groups in total. The van der Waals surface area contributed by atoms with Crippen molar-refractivity contribution in [1.82, 2.24) is 10.4 Å². The van der Waals surface area contributed by atoms with Gasteiger partial charge in [-0.3, -0.25) is 4.79 Å². The van der Waals surface area contributed by atoms with Crippen molar-refractivity contribution in [1.29, 1.82) is 0 Å². The van der Waals surface area contributed by atoms with E-state index in [1.54, 1.807) is 29.7 Å². The van der Waals surface area contributed by atoms with Crippen LogP contribution in [0.4, 0.5) is 10.8 Å². The molecule has 0 aliphatic rings. The molecule has 0 saturated heterocycles. The van der Waals surface area contributed by atoms with Gasteiger partial charge in [-0.1, -0.05) is 29.8 Å². The predicted octanol–water partition coefficient (Wildman–Crippen LogP) is 6.03. The molecule has 0 spiro atoms. The number of amides is 1. The minimum atomic E-state index is -0.257. The van der Waals surface area contributed by atoms with Gasteiger partial charge in [-0.15, -0.1) is 22.7 Å². The number of thiazole rings is 1. The zero-order valence-corrected chi connectivity index (χ0v) is 17.4. The Morgan fingerprint density at radius 2 is 1.83 bits per heavy atom. The smallest absolute Gasteiger partial charge is 0.271 e. The highest BCUT2D eigenvalue weighted by atomic mass is 35.5. The first-order valence-corrected chi connectivity index (χ1v) is 10.8. The van der Waals surface area contributed by atoms with Crippen molar-refractivity contribution in [3.63, 3.8) is 0 Å². The first-order valence-electron chi connectivity index (χ1n) is 8.63. The number of halogens is 1. The van der Waals surface area contributed by atoms with Crippen molar-refractivity contribution in [2.45, 2.75) is 0 Å². The molecule has 5 nitrogen and oxygen atoms in total. The Morgan fingerprint density at radius 3 is 2.55 bits per heavy atom. The maximum atomic E-state index is 12.2. The Morgan fingerprint density at radius 1 is 1.03 bits per heavy atom. The fourth-order valence-corrected chi connectivity index (χ4v) is 3.95. The molecular formula is C21H15ClN4OS2. The molecule has 4 aromatic rings. The second kappa shape index (κ2) is 9.00. The summed E-state index contributed by atoms with van der Waals surface area (Å²) in [5.41, 5.74) is 5.77. The van der Waals surface area contributed by atoms with Gasteiger partial charge in [-0.25, -0.2) is 10.4 Å². The van der Waals surface area contributed by atoms with E-state index in [-0.39, 0.29) is 5.91 Å². The third kappa shape index (κ3) is 5.08. The van der Waals surface area contributed by atoms with Gasteiger partial charge >= 0.3 is 0 Å². The van der Waals surface area contributed by atoms with Gasteiger partial charge in [0, 0.05) is 32.1 Å². The average molecular weight is 439 g/mol. The molecule has 2 aromatic carbocycles. The minimum Gasteiger partial charge on any atom is -0.332 e. The summed E-state index contributed by atoms with van der Waals surface area (Å²) >= 11 is 8.98. The largest absolute Gasteiger partial charge is 0.332 e. The molecular weight excluding hydrogens is 424 g/mol. The fraction of sp³-hybridized carbons (Fsp3) is 0. The number of hydrazone groups is 1. The molecule has 0 bridgehead atoms. The lowest BCUT2D eigenvalue weighted by Gasteiger charge is -2.03. The summed E-state index contributed by atoms with van der Waals surface area (Å²) in [6, 6.07) is 18.6. The number of anilines is 2. The van der Waals surface area contributed by atoms with E-state index in [4.69, 9.17) is 11.6 Å². The fourth-order valence-electron chi connectivity index (χ4n) is 2.50. The molecule has 8 heteroatoms. The van der Waals surface area contributed by atoms with Crippen LogP contribution in [0.5, 0.6) is 0 Å². The first-order chi connectivity index (χ1) is 14.2. The van der Waals surface area contributed by atoms with Crippen molar-refractivity contribution < 1.29 is 4.79 Å². The van der Waals surface area contributed by atoms with Gasteiger partial charge in [0.15, 0.2) is 5.13 Å². The van der Waals surface area contributed by atoms with E-state index in [0.717, 1.165) is 27.0 Å². The lowest BCUT2D eigenvalue weighted by Crippen LogP contribution is -2.17. The molecule has 0 unspecified atom stereocenters. The molecule has 1 amide bonds. The number of hydrogen-bond acceptors (Lipinski definition) is 6. The monoisotopic (exact) mass is 438 g/mol. The third-order valence-corrected chi connectivity index (χ3v) is 5.76. The Labute approximate surface area is 180 Å². The molecule has 0 aliphatic heterocycles. The second-order valence-corrected chi connectivity index (χ2v) is 8.24. The van der Waals surface area contributed by atoms with Gasteiger partial charge < -0.3 is 5.32 Å². The Balaban J connectivity index is 1.39. The highest BCUT2D eigenvalue weighted by molar-refractivity contribution is 7.14. The zero-order valence-electron chi connectivity index (χ0n) is 15.0. The van der Waals surface area contributed by atoms with Crippen LogP contribution in [0.3, 0.4) is 0 Å². The Kier molecular flexibility index (Phi) is 6.00. The summed E-state index contributed by atoms with van der Waals surface area (Å²) in [5.74, 6) is -0.257. The van der Waals surface area contributed by atoms with Crippen LogP contribution in [0.1, 0.15) is 15.2 Å². The SMILES string of the molecule is O=C(NN=Cc1cccs1)c1ccc(-c2csc(Nc3ccc(Cl)cc3)n2)cc1. The number of benzene rings is 2. The second-order valence-electron chi connectivity index (χ2n) is 5.96. The Bertz CT molecular complexity index is 1120. The number of aromatic nitrogens is 1. The summed E-state index contributed by atoms with van der Waals surface area (Å²) in [7, 11) is 0. The Hall–Kier alpha value is -3.00. The third-order valence-electron chi connectivity index (χ3n) is 3.94. The van der Waals surface area contributed by atoms with Crippen LogP contribution >= 0.6 is 34.3 Å². The van der Waals surface area contributed by atoms with Crippen LogP contribution in [0, 0.1) is 0 Å². The average Bonchev–Trinajstić information content (AvgIpc) is 3.42. The molecule has 0 radical (unpaired) electrons. The number of nitrogens with one attached hydrogen (secondary N) is 2. The number of carbonyl (C=O) groups is 1. The van der Waals surface area contributed by atoms with Gasteiger partial charge in [-0.05, 0) is 47.8 Å². The van der Waals surface area contributed by atoms with Gasteiger partial charge in [0.25, 0.3) is 5.91 Å². The molecule has 0 saturated carbocycles. The highest BCUT2D eigenvalue weighted by Crippen LogP contribution is 2.27. The summed E-state index contributed by atoms with van der Waals surface area (Å²) < 4.78 is 0. The summed E-state index contributed by atoms with van der Waals surface area (Å²) in [5, 5.41) is 12.6. The zero-order chi connectivity index (χ0) is 20.1. The van der Waals surface area contributed by atoms with Gasteiger partial charge in [0.2, 0.25) is 0 Å². The van der Waals surface area contributed by atoms with Crippen LogP contribution in [0.2, 0.25) is 5.02 Å². The van der Waals surface area contributed by atoms with E-state index in [9.17, 15) is 4.79 Å². The van der Waals surface area contributed by atoms with Crippen molar-refractivity contribution in [3.8, 4) is 11.3 Å². The van der Waals surface area contributed by atoms with E-state index >= 15 is 0 Å². The van der Waals surface area contributed by atoms with E-state index in [1.807, 2.05) is 59.3 Å². The van der Waals surface area contributed by atoms with Crippen molar-refractivity contribution in [3.05, 3.63) is 86.9 Å². The number of thiophene rings is 1. The van der Waals surface area contributed by atoms with Crippen LogP contribution in [0.15, 0.2) is 76.5 Å². The quantitative estimate of drug-likeness (QED) is 0.285. The minimum absolute atomic E-state index is 0.257. The van der Waals surface area contributed by atoms with E-state index in [2.05, 4.69) is 20.8 Å². The van der Waals surface area contributed by atoms with Crippen LogP contribution in [-0.4, -0.2) is 17.1 Å². The summed E-state index contributed by atoms with van der Waals surface area (Å²) in [6.45, 7) is 0. The number of carbonyl (C=O) groups excluding carboxylic acids is 1. The van der Waals surface area contributed by atoms with Gasteiger partial charge in [0.05, 0.1) is 11.9 Å². The predicted molar refractivity (Wildman–Crippen MR) is 122 cm³/mol. The summed E-state index contributed by atoms with van der Waals surface area (Å²) in [4.78, 5) is 17.8. The highest BCUT2D eigenvalue weighted by Gasteiger charge is 2.08. The topological polar surface area (TPSA) is 66.4 Å². The van der Waals surface area contributed by atoms with Crippen molar-refractivity contribution in [2.75, 3.05) is 5.32 Å². The van der Waals surface area contributed by atoms with Gasteiger partial charge in [0.1, 0.15) is 0 Å². The van der Waals surface area contributed by atoms with E-state index < -0.39 is 0 Å². The number of nitrogens with zero attached hydrogens (tertiary/aromatic N) is 2. The van der Waals surface area contributed by atoms with Crippen LogP contribution < -0.4 is 10.7 Å². The number of hydrogen-bond donors (Lipinski definition) is 2. The van der Waals surface area contributed by atoms with Crippen molar-refractivity contribution >= 4 is 57.2 Å². The normalized spacial score (nSPS) is 10.9. The molecule has 29 heavy (non-hydrogen) atoms. The van der Waals surface area contributed by atoms with Gasteiger partial charge in [-0.2, -0.15) is 5.10 Å². The lowest BCUT2D eigenvalue weighted by atomic mass is 10.1. The maximum Gasteiger partial charge on any atom is 0.271 e. The lowest BCUT2D eigenvalue weighted by molar-refractivity contribution is 0.0955. The van der Waals surface area contributed by atoms with Crippen LogP contribution in [0.25, 0.3) is 11.3 Å². The van der Waals surface area contributed by atoms with Crippen molar-refractivity contribution in [2.24, 2.45) is 5.10 Å². The summed E-state index contributed by atoms with van der Waals surface area (Å²) in [6.07, 6.45) is 1.63. The molecule has 0 fully saturated rings. The molecule has 2 heterocycles. The van der Waals surface area contributed by atoms with Crippen LogP contribution in [-0.2, 0) is 0 Å². The molecule has 0 atom stereocenters. The molecule has 144 valence electrons. The molecule has 0 aliphatic carbocycles. The van der Waals surface area contributed by atoms with E-state index in [1.165, 1.54) is 11.3 Å². The molecule has 4 rings (SSSR count).